The molecular formula is C9H12ClN3O2. The Kier molecular flexibility index (Phi) is 3.88. The highest BCUT2D eigenvalue weighted by Crippen LogP contribution is 2.15. The van der Waals surface area contributed by atoms with E-state index < -0.39 is 5.91 Å². The molecule has 0 spiro atoms. The molecule has 1 aromatic heterocycles. The number of aliphatic hydroxyl groups excluding tert-OH is 1. The van der Waals surface area contributed by atoms with E-state index in [1.807, 2.05) is 0 Å². The molecule has 1 aromatic rings. The van der Waals surface area contributed by atoms with E-state index in [0.717, 1.165) is 0 Å². The second-order valence-electron chi connectivity index (χ2n) is 3.16. The van der Waals surface area contributed by atoms with Crippen molar-refractivity contribution < 1.29 is 9.90 Å². The van der Waals surface area contributed by atoms with Gasteiger partial charge < -0.3 is 16.2 Å². The molecule has 1 amide bonds. The van der Waals surface area contributed by atoms with Crippen molar-refractivity contribution in [2.24, 2.45) is 0 Å². The van der Waals surface area contributed by atoms with Crippen LogP contribution in [-0.4, -0.2) is 28.6 Å². The Balaban J connectivity index is 2.86. The van der Waals surface area contributed by atoms with Crippen LogP contribution in [0.3, 0.4) is 0 Å². The number of carbonyl (C=O) groups excluding carboxylic acids is 1. The minimum Gasteiger partial charge on any atom is -0.397 e. The average Bonchev–Trinajstić information content (AvgIpc) is 2.21. The van der Waals surface area contributed by atoms with E-state index in [9.17, 15) is 4.79 Å². The summed E-state index contributed by atoms with van der Waals surface area (Å²) in [5, 5.41) is 11.4. The Morgan fingerprint density at radius 2 is 2.47 bits per heavy atom. The van der Waals surface area contributed by atoms with E-state index in [2.05, 4.69) is 10.3 Å². The van der Waals surface area contributed by atoms with Crippen molar-refractivity contribution in [2.45, 2.75) is 13.0 Å². The Hall–Kier alpha value is -1.33. The number of halogens is 1. The van der Waals surface area contributed by atoms with Gasteiger partial charge in [-0.05, 0) is 13.0 Å². The molecule has 1 heterocycles. The molecule has 0 aromatic carbocycles. The van der Waals surface area contributed by atoms with Crippen LogP contribution in [0.4, 0.5) is 5.69 Å². The van der Waals surface area contributed by atoms with E-state index in [-0.39, 0.29) is 23.4 Å². The number of hydrogen-bond acceptors (Lipinski definition) is 4. The Morgan fingerprint density at radius 1 is 1.80 bits per heavy atom. The van der Waals surface area contributed by atoms with E-state index in [4.69, 9.17) is 22.4 Å². The summed E-state index contributed by atoms with van der Waals surface area (Å²) in [4.78, 5) is 15.3. The molecule has 0 saturated heterocycles. The molecule has 6 heteroatoms. The van der Waals surface area contributed by atoms with Gasteiger partial charge in [0.1, 0.15) is 5.15 Å². The van der Waals surface area contributed by atoms with E-state index in [0.29, 0.717) is 5.69 Å². The van der Waals surface area contributed by atoms with Crippen molar-refractivity contribution in [1.29, 1.82) is 0 Å². The fourth-order valence-corrected chi connectivity index (χ4v) is 1.16. The first kappa shape index (κ1) is 11.7. The number of aromatic nitrogens is 1. The third-order valence-corrected chi connectivity index (χ3v) is 2.06. The highest BCUT2D eigenvalue weighted by atomic mass is 35.5. The van der Waals surface area contributed by atoms with E-state index >= 15 is 0 Å². The average molecular weight is 230 g/mol. The number of carbonyl (C=O) groups is 1. The molecule has 1 rings (SSSR count). The SMILES string of the molecule is C[C@H](CO)NC(=O)c1cc(N)cnc1Cl. The minimum absolute atomic E-state index is 0.0897. The minimum atomic E-state index is -0.402. The number of pyridine rings is 1. The Bertz CT molecular complexity index is 370. The maximum absolute atomic E-state index is 11.6. The molecule has 0 saturated carbocycles. The number of hydrogen-bond donors (Lipinski definition) is 3. The van der Waals surface area contributed by atoms with Crippen molar-refractivity contribution in [2.75, 3.05) is 12.3 Å². The number of nitrogens with zero attached hydrogens (tertiary/aromatic N) is 1. The maximum atomic E-state index is 11.6. The second kappa shape index (κ2) is 4.95. The highest BCUT2D eigenvalue weighted by Gasteiger charge is 2.13. The van der Waals surface area contributed by atoms with Crippen LogP contribution in [0.1, 0.15) is 17.3 Å². The van der Waals surface area contributed by atoms with Gasteiger partial charge in [0, 0.05) is 6.04 Å². The van der Waals surface area contributed by atoms with Crippen LogP contribution in [-0.2, 0) is 0 Å². The normalized spacial score (nSPS) is 12.2. The van der Waals surface area contributed by atoms with Crippen LogP contribution in [0.15, 0.2) is 12.3 Å². The van der Waals surface area contributed by atoms with Gasteiger partial charge in [-0.25, -0.2) is 4.98 Å². The maximum Gasteiger partial charge on any atom is 0.254 e. The standard InChI is InChI=1S/C9H12ClN3O2/c1-5(4-14)13-9(15)7-2-6(11)3-12-8(7)10/h2-3,5,14H,4,11H2,1H3,(H,13,15)/t5-/m1/s1. The summed E-state index contributed by atoms with van der Waals surface area (Å²) in [5.74, 6) is -0.402. The predicted octanol–water partition coefficient (Wildman–Crippen LogP) is 0.428. The molecule has 0 bridgehead atoms. The summed E-state index contributed by atoms with van der Waals surface area (Å²) in [6, 6.07) is 1.10. The van der Waals surface area contributed by atoms with Crippen LogP contribution in [0.2, 0.25) is 5.15 Å². The fraction of sp³-hybridized carbons (Fsp3) is 0.333. The third-order valence-electron chi connectivity index (χ3n) is 1.76. The van der Waals surface area contributed by atoms with Crippen molar-refractivity contribution in [3.8, 4) is 0 Å². The molecule has 0 unspecified atom stereocenters. The first-order chi connectivity index (χ1) is 7.04. The summed E-state index contributed by atoms with van der Waals surface area (Å²) in [7, 11) is 0. The molecule has 0 aliphatic heterocycles. The number of nitrogens with one attached hydrogen (secondary N) is 1. The van der Waals surface area contributed by atoms with Crippen molar-refractivity contribution in [3.63, 3.8) is 0 Å². The molecule has 5 nitrogen and oxygen atoms in total. The predicted molar refractivity (Wildman–Crippen MR) is 57.7 cm³/mol. The number of nitrogen functional groups attached to an aromatic ring is 1. The quantitative estimate of drug-likeness (QED) is 0.656. The molecular weight excluding hydrogens is 218 g/mol. The molecule has 15 heavy (non-hydrogen) atoms. The summed E-state index contributed by atoms with van der Waals surface area (Å²) in [6.07, 6.45) is 1.37. The molecule has 0 aliphatic rings. The van der Waals surface area contributed by atoms with Crippen LogP contribution >= 0.6 is 11.6 Å². The number of amides is 1. The topological polar surface area (TPSA) is 88.2 Å². The first-order valence-electron chi connectivity index (χ1n) is 4.37. The number of anilines is 1. The number of aliphatic hydroxyl groups is 1. The molecule has 0 radical (unpaired) electrons. The molecule has 1 atom stereocenters. The number of rotatable bonds is 3. The summed E-state index contributed by atoms with van der Waals surface area (Å²) in [5.41, 5.74) is 6.05. The van der Waals surface area contributed by atoms with Gasteiger partial charge in [-0.2, -0.15) is 0 Å². The van der Waals surface area contributed by atoms with E-state index in [1.54, 1.807) is 6.92 Å². The van der Waals surface area contributed by atoms with E-state index in [1.165, 1.54) is 12.3 Å². The summed E-state index contributed by atoms with van der Waals surface area (Å²) in [6.45, 7) is 1.53. The van der Waals surface area contributed by atoms with Crippen LogP contribution < -0.4 is 11.1 Å². The summed E-state index contributed by atoms with van der Waals surface area (Å²) >= 11 is 5.73. The monoisotopic (exact) mass is 229 g/mol. The zero-order chi connectivity index (χ0) is 11.4. The van der Waals surface area contributed by atoms with Gasteiger partial charge in [-0.3, -0.25) is 4.79 Å². The zero-order valence-electron chi connectivity index (χ0n) is 8.20. The highest BCUT2D eigenvalue weighted by molar-refractivity contribution is 6.32. The van der Waals surface area contributed by atoms with Gasteiger partial charge >= 0.3 is 0 Å². The van der Waals surface area contributed by atoms with Gasteiger partial charge in [-0.15, -0.1) is 0 Å². The lowest BCUT2D eigenvalue weighted by Gasteiger charge is -2.11. The largest absolute Gasteiger partial charge is 0.397 e. The third kappa shape index (κ3) is 3.07. The lowest BCUT2D eigenvalue weighted by Crippen LogP contribution is -2.35. The molecule has 0 fully saturated rings. The summed E-state index contributed by atoms with van der Waals surface area (Å²) < 4.78 is 0. The molecule has 82 valence electrons. The Labute approximate surface area is 92.3 Å². The van der Waals surface area contributed by atoms with Gasteiger partial charge in [0.15, 0.2) is 0 Å². The van der Waals surface area contributed by atoms with Gasteiger partial charge in [0.05, 0.1) is 24.1 Å². The zero-order valence-corrected chi connectivity index (χ0v) is 8.95. The lowest BCUT2D eigenvalue weighted by molar-refractivity contribution is 0.0922. The van der Waals surface area contributed by atoms with Gasteiger partial charge in [-0.1, -0.05) is 11.6 Å². The molecule has 4 N–H and O–H groups in total. The fourth-order valence-electron chi connectivity index (χ4n) is 0.971. The first-order valence-corrected chi connectivity index (χ1v) is 4.75. The van der Waals surface area contributed by atoms with Crippen LogP contribution in [0.25, 0.3) is 0 Å². The van der Waals surface area contributed by atoms with Crippen molar-refractivity contribution in [3.05, 3.63) is 23.0 Å². The van der Waals surface area contributed by atoms with Gasteiger partial charge in [0.2, 0.25) is 0 Å². The molecule has 0 aliphatic carbocycles. The van der Waals surface area contributed by atoms with Crippen LogP contribution in [0.5, 0.6) is 0 Å². The van der Waals surface area contributed by atoms with Crippen molar-refractivity contribution in [1.82, 2.24) is 10.3 Å². The van der Waals surface area contributed by atoms with Crippen molar-refractivity contribution >= 4 is 23.2 Å². The number of nitrogens with two attached hydrogens (primary N) is 1. The lowest BCUT2D eigenvalue weighted by atomic mass is 10.2. The Morgan fingerprint density at radius 3 is 3.07 bits per heavy atom. The van der Waals surface area contributed by atoms with Crippen LogP contribution in [0, 0.1) is 0 Å². The van der Waals surface area contributed by atoms with Gasteiger partial charge in [0.25, 0.3) is 5.91 Å². The smallest absolute Gasteiger partial charge is 0.254 e. The second-order valence-corrected chi connectivity index (χ2v) is 3.52.